The van der Waals surface area contributed by atoms with Gasteiger partial charge in [0.15, 0.2) is 5.79 Å². The van der Waals surface area contributed by atoms with Crippen LogP contribution in [0.5, 0.6) is 0 Å². The Balaban J connectivity index is 1.67. The van der Waals surface area contributed by atoms with Crippen molar-refractivity contribution in [2.75, 3.05) is 26.9 Å². The molecule has 0 radical (unpaired) electrons. The minimum atomic E-state index is -0.926. The first-order valence-electron chi connectivity index (χ1n) is 7.47. The molecule has 2 heterocycles. The lowest BCUT2D eigenvalue weighted by molar-refractivity contribution is -0.152. The SMILES string of the molecule is COC(=O)[C@@H]1CC2(CN1C(=O)OCc1ccccc1)OCCO2. The molecule has 1 aromatic carbocycles. The van der Waals surface area contributed by atoms with Gasteiger partial charge in [0.05, 0.1) is 26.9 Å². The second kappa shape index (κ2) is 6.55. The van der Waals surface area contributed by atoms with Crippen LogP contribution in [0.3, 0.4) is 0 Å². The number of hydrogen-bond donors (Lipinski definition) is 0. The molecule has 2 aliphatic rings. The van der Waals surface area contributed by atoms with E-state index in [1.54, 1.807) is 0 Å². The van der Waals surface area contributed by atoms with E-state index in [1.807, 2.05) is 30.3 Å². The zero-order valence-electron chi connectivity index (χ0n) is 12.9. The van der Waals surface area contributed by atoms with Crippen molar-refractivity contribution in [2.24, 2.45) is 0 Å². The summed E-state index contributed by atoms with van der Waals surface area (Å²) in [6, 6.07) is 8.58. The summed E-state index contributed by atoms with van der Waals surface area (Å²) >= 11 is 0. The van der Waals surface area contributed by atoms with Crippen molar-refractivity contribution in [3.63, 3.8) is 0 Å². The molecule has 0 unspecified atom stereocenters. The molecule has 0 bridgehead atoms. The standard InChI is InChI=1S/C16H19NO6/c1-20-14(18)13-9-16(22-7-8-23-16)11-17(13)15(19)21-10-12-5-3-2-4-6-12/h2-6,13H,7-11H2,1H3/t13-/m0/s1. The van der Waals surface area contributed by atoms with Crippen LogP contribution in [0.2, 0.25) is 0 Å². The molecule has 0 N–H and O–H groups in total. The van der Waals surface area contributed by atoms with Crippen molar-refractivity contribution in [3.8, 4) is 0 Å². The summed E-state index contributed by atoms with van der Waals surface area (Å²) in [7, 11) is 1.29. The van der Waals surface area contributed by atoms with Gasteiger partial charge in [0.1, 0.15) is 12.6 Å². The highest BCUT2D eigenvalue weighted by Gasteiger charge is 2.53. The van der Waals surface area contributed by atoms with Crippen LogP contribution < -0.4 is 0 Å². The van der Waals surface area contributed by atoms with E-state index in [0.29, 0.717) is 13.2 Å². The Labute approximate surface area is 134 Å². The second-order valence-corrected chi connectivity index (χ2v) is 5.52. The first kappa shape index (κ1) is 15.8. The molecule has 2 fully saturated rings. The molecule has 0 aromatic heterocycles. The number of likely N-dealkylation sites (tertiary alicyclic amines) is 1. The van der Waals surface area contributed by atoms with E-state index in [4.69, 9.17) is 18.9 Å². The predicted molar refractivity (Wildman–Crippen MR) is 78.4 cm³/mol. The number of ether oxygens (including phenoxy) is 4. The van der Waals surface area contributed by atoms with Gasteiger partial charge in [-0.2, -0.15) is 0 Å². The van der Waals surface area contributed by atoms with Gasteiger partial charge in [-0.3, -0.25) is 4.90 Å². The number of carbonyl (C=O) groups excluding carboxylic acids is 2. The largest absolute Gasteiger partial charge is 0.467 e. The van der Waals surface area contributed by atoms with Crippen LogP contribution in [0.4, 0.5) is 4.79 Å². The van der Waals surface area contributed by atoms with Gasteiger partial charge in [0.2, 0.25) is 0 Å². The maximum atomic E-state index is 12.4. The summed E-state index contributed by atoms with van der Waals surface area (Å²) in [5.74, 6) is -1.43. The van der Waals surface area contributed by atoms with E-state index in [0.717, 1.165) is 5.56 Å². The van der Waals surface area contributed by atoms with Gasteiger partial charge in [-0.25, -0.2) is 9.59 Å². The monoisotopic (exact) mass is 321 g/mol. The molecule has 7 nitrogen and oxygen atoms in total. The summed E-state index contributed by atoms with van der Waals surface area (Å²) in [6.07, 6.45) is -0.333. The smallest absolute Gasteiger partial charge is 0.411 e. The average molecular weight is 321 g/mol. The number of amides is 1. The Morgan fingerprint density at radius 1 is 1.26 bits per heavy atom. The van der Waals surface area contributed by atoms with E-state index in [-0.39, 0.29) is 19.6 Å². The maximum Gasteiger partial charge on any atom is 0.411 e. The van der Waals surface area contributed by atoms with Gasteiger partial charge in [-0.1, -0.05) is 30.3 Å². The molecule has 0 aliphatic carbocycles. The minimum Gasteiger partial charge on any atom is -0.467 e. The lowest BCUT2D eigenvalue weighted by Gasteiger charge is -2.22. The fourth-order valence-corrected chi connectivity index (χ4v) is 2.89. The molecule has 1 spiro atoms. The fourth-order valence-electron chi connectivity index (χ4n) is 2.89. The van der Waals surface area contributed by atoms with E-state index in [9.17, 15) is 9.59 Å². The Morgan fingerprint density at radius 3 is 2.61 bits per heavy atom. The number of benzene rings is 1. The van der Waals surface area contributed by atoms with Gasteiger partial charge in [-0.15, -0.1) is 0 Å². The molecule has 23 heavy (non-hydrogen) atoms. The summed E-state index contributed by atoms with van der Waals surface area (Å²) in [4.78, 5) is 25.7. The molecule has 1 amide bonds. The first-order chi connectivity index (χ1) is 11.1. The van der Waals surface area contributed by atoms with Crippen molar-refractivity contribution in [2.45, 2.75) is 24.9 Å². The molecule has 0 saturated carbocycles. The number of hydrogen-bond acceptors (Lipinski definition) is 6. The van der Waals surface area contributed by atoms with Crippen LogP contribution in [-0.4, -0.2) is 55.7 Å². The number of methoxy groups -OCH3 is 1. The number of nitrogens with zero attached hydrogens (tertiary/aromatic N) is 1. The average Bonchev–Trinajstić information content (AvgIpc) is 3.20. The Morgan fingerprint density at radius 2 is 1.96 bits per heavy atom. The van der Waals surface area contributed by atoms with Gasteiger partial charge >= 0.3 is 12.1 Å². The highest BCUT2D eigenvalue weighted by Crippen LogP contribution is 2.35. The predicted octanol–water partition coefficient (Wildman–Crippen LogP) is 1.31. The quantitative estimate of drug-likeness (QED) is 0.782. The molecule has 7 heteroatoms. The molecule has 2 aliphatic heterocycles. The van der Waals surface area contributed by atoms with E-state index in [1.165, 1.54) is 12.0 Å². The van der Waals surface area contributed by atoms with Crippen molar-refractivity contribution in [3.05, 3.63) is 35.9 Å². The van der Waals surface area contributed by atoms with Crippen molar-refractivity contribution >= 4 is 12.1 Å². The molecule has 1 aromatic rings. The number of esters is 1. The Bertz CT molecular complexity index is 569. The molecule has 1 atom stereocenters. The van der Waals surface area contributed by atoms with Gasteiger partial charge in [0, 0.05) is 6.42 Å². The Hall–Kier alpha value is -2.12. The summed E-state index contributed by atoms with van der Waals surface area (Å²) in [5.41, 5.74) is 0.873. The van der Waals surface area contributed by atoms with E-state index in [2.05, 4.69) is 0 Å². The topological polar surface area (TPSA) is 74.3 Å². The zero-order valence-corrected chi connectivity index (χ0v) is 12.9. The zero-order chi connectivity index (χ0) is 16.3. The first-order valence-corrected chi connectivity index (χ1v) is 7.47. The maximum absolute atomic E-state index is 12.4. The van der Waals surface area contributed by atoms with Crippen LogP contribution in [0.25, 0.3) is 0 Å². The fraction of sp³-hybridized carbons (Fsp3) is 0.500. The van der Waals surface area contributed by atoms with Gasteiger partial charge in [0.25, 0.3) is 0 Å². The highest BCUT2D eigenvalue weighted by atomic mass is 16.7. The summed E-state index contributed by atoms with van der Waals surface area (Å²) in [6.45, 7) is 1.18. The molecule has 3 rings (SSSR count). The van der Waals surface area contributed by atoms with Gasteiger partial charge < -0.3 is 18.9 Å². The number of rotatable bonds is 3. The van der Waals surface area contributed by atoms with Crippen LogP contribution in [0.1, 0.15) is 12.0 Å². The third-order valence-electron chi connectivity index (χ3n) is 4.02. The number of carbonyl (C=O) groups is 2. The van der Waals surface area contributed by atoms with Crippen LogP contribution >= 0.6 is 0 Å². The lowest BCUT2D eigenvalue weighted by Crippen LogP contribution is -2.42. The van der Waals surface area contributed by atoms with E-state index < -0.39 is 23.9 Å². The van der Waals surface area contributed by atoms with Gasteiger partial charge in [-0.05, 0) is 5.56 Å². The minimum absolute atomic E-state index is 0.138. The van der Waals surface area contributed by atoms with Crippen LogP contribution in [0, 0.1) is 0 Å². The second-order valence-electron chi connectivity index (χ2n) is 5.52. The normalized spacial score (nSPS) is 22.3. The van der Waals surface area contributed by atoms with Crippen LogP contribution in [0.15, 0.2) is 30.3 Å². The third kappa shape index (κ3) is 3.30. The third-order valence-corrected chi connectivity index (χ3v) is 4.02. The molecule has 124 valence electrons. The molecule has 2 saturated heterocycles. The highest BCUT2D eigenvalue weighted by molar-refractivity contribution is 5.82. The van der Waals surface area contributed by atoms with E-state index >= 15 is 0 Å². The lowest BCUT2D eigenvalue weighted by atomic mass is 10.1. The summed E-state index contributed by atoms with van der Waals surface area (Å²) < 4.78 is 21.3. The molecular weight excluding hydrogens is 302 g/mol. The van der Waals surface area contributed by atoms with Crippen molar-refractivity contribution < 1.29 is 28.5 Å². The Kier molecular flexibility index (Phi) is 4.49. The van der Waals surface area contributed by atoms with Crippen LogP contribution in [-0.2, 0) is 30.3 Å². The van der Waals surface area contributed by atoms with Crippen molar-refractivity contribution in [1.29, 1.82) is 0 Å². The van der Waals surface area contributed by atoms with Crippen molar-refractivity contribution in [1.82, 2.24) is 4.90 Å². The molecular formula is C16H19NO6. The summed E-state index contributed by atoms with van der Waals surface area (Å²) in [5, 5.41) is 0.